The van der Waals surface area contributed by atoms with Crippen molar-refractivity contribution in [1.29, 1.82) is 0 Å². The molecule has 152 valence electrons. The summed E-state index contributed by atoms with van der Waals surface area (Å²) in [5, 5.41) is 1.62. The smallest absolute Gasteiger partial charge is 0.350 e. The van der Waals surface area contributed by atoms with Crippen molar-refractivity contribution in [2.24, 2.45) is 17.8 Å². The summed E-state index contributed by atoms with van der Waals surface area (Å²) >= 11 is 13.5. The second-order valence-electron chi connectivity index (χ2n) is 7.82. The predicted molar refractivity (Wildman–Crippen MR) is 113 cm³/mol. The molecule has 4 nitrogen and oxygen atoms in total. The van der Waals surface area contributed by atoms with Gasteiger partial charge in [0.25, 0.3) is 0 Å². The van der Waals surface area contributed by atoms with Crippen molar-refractivity contribution in [1.82, 2.24) is 0 Å². The van der Waals surface area contributed by atoms with Gasteiger partial charge in [-0.1, -0.05) is 56.5 Å². The average molecular weight is 443 g/mol. The molecule has 1 aromatic heterocycles. The Balaban J connectivity index is 1.61. The fourth-order valence-corrected chi connectivity index (χ4v) is 5.49. The van der Waals surface area contributed by atoms with Crippen LogP contribution in [0.3, 0.4) is 0 Å². The fourth-order valence-electron chi connectivity index (χ4n) is 3.81. The molecule has 1 fully saturated rings. The molecule has 1 aliphatic rings. The van der Waals surface area contributed by atoms with Crippen molar-refractivity contribution in [2.45, 2.75) is 46.1 Å². The number of ether oxygens (including phenoxy) is 2. The van der Waals surface area contributed by atoms with Crippen LogP contribution in [-0.4, -0.2) is 24.6 Å². The van der Waals surface area contributed by atoms with Crippen LogP contribution in [0, 0.1) is 17.8 Å². The first-order chi connectivity index (χ1) is 13.3. The molecule has 0 saturated heterocycles. The zero-order chi connectivity index (χ0) is 20.4. The second kappa shape index (κ2) is 9.02. The standard InChI is InChI=1S/C21H24Cl2O4S/c1-11(2)14-6-4-12(3)8-16(14)27-18(24)10-26-21(25)20-19(23)15-7-5-13(22)9-17(15)28-20/h5,7,9,11-12,14,16H,4,6,8,10H2,1-3H3/t12-,14+,16+/m1/s1. The Morgan fingerprint density at radius 3 is 2.71 bits per heavy atom. The molecule has 3 atom stereocenters. The zero-order valence-electron chi connectivity index (χ0n) is 16.2. The Kier molecular flexibility index (Phi) is 6.89. The van der Waals surface area contributed by atoms with Crippen molar-refractivity contribution < 1.29 is 19.1 Å². The van der Waals surface area contributed by atoms with Gasteiger partial charge in [0.2, 0.25) is 0 Å². The third-order valence-electron chi connectivity index (χ3n) is 5.34. The lowest BCUT2D eigenvalue weighted by Gasteiger charge is -2.36. The van der Waals surface area contributed by atoms with Gasteiger partial charge in [-0.3, -0.25) is 0 Å². The van der Waals surface area contributed by atoms with Crippen LogP contribution in [0.1, 0.15) is 49.7 Å². The van der Waals surface area contributed by atoms with Crippen LogP contribution in [0.2, 0.25) is 10.0 Å². The molecular formula is C21H24Cl2O4S. The van der Waals surface area contributed by atoms with Gasteiger partial charge < -0.3 is 9.47 Å². The van der Waals surface area contributed by atoms with Crippen LogP contribution in [-0.2, 0) is 14.3 Å². The molecule has 0 aliphatic heterocycles. The summed E-state index contributed by atoms with van der Waals surface area (Å²) < 4.78 is 11.6. The van der Waals surface area contributed by atoms with Gasteiger partial charge in [-0.15, -0.1) is 11.3 Å². The lowest BCUT2D eigenvalue weighted by Crippen LogP contribution is -2.36. The number of carbonyl (C=O) groups is 2. The van der Waals surface area contributed by atoms with Crippen LogP contribution in [0.25, 0.3) is 10.1 Å². The van der Waals surface area contributed by atoms with E-state index in [4.69, 9.17) is 32.7 Å². The second-order valence-corrected chi connectivity index (χ2v) is 9.68. The van der Waals surface area contributed by atoms with Gasteiger partial charge in [0.15, 0.2) is 6.61 Å². The van der Waals surface area contributed by atoms with E-state index in [1.165, 1.54) is 11.3 Å². The van der Waals surface area contributed by atoms with Crippen molar-refractivity contribution in [3.63, 3.8) is 0 Å². The van der Waals surface area contributed by atoms with Crippen molar-refractivity contribution in [3.8, 4) is 0 Å². The molecule has 3 rings (SSSR count). The summed E-state index contributed by atoms with van der Waals surface area (Å²) in [7, 11) is 0. The van der Waals surface area contributed by atoms with E-state index in [0.29, 0.717) is 27.8 Å². The van der Waals surface area contributed by atoms with E-state index in [1.54, 1.807) is 18.2 Å². The number of fused-ring (bicyclic) bond motifs is 1. The zero-order valence-corrected chi connectivity index (χ0v) is 18.5. The number of halogens is 2. The van der Waals surface area contributed by atoms with Crippen LogP contribution >= 0.6 is 34.5 Å². The topological polar surface area (TPSA) is 52.6 Å². The summed E-state index contributed by atoms with van der Waals surface area (Å²) in [5.74, 6) is 0.171. The van der Waals surface area contributed by atoms with Gasteiger partial charge in [-0.2, -0.15) is 0 Å². The molecule has 28 heavy (non-hydrogen) atoms. The number of hydrogen-bond donors (Lipinski definition) is 0. The molecule has 0 radical (unpaired) electrons. The molecule has 0 spiro atoms. The molecular weight excluding hydrogens is 419 g/mol. The molecule has 2 aromatic rings. The maximum Gasteiger partial charge on any atom is 0.350 e. The third-order valence-corrected chi connectivity index (χ3v) is 7.21. The van der Waals surface area contributed by atoms with Gasteiger partial charge in [-0.25, -0.2) is 9.59 Å². The van der Waals surface area contributed by atoms with E-state index in [9.17, 15) is 9.59 Å². The highest BCUT2D eigenvalue weighted by Crippen LogP contribution is 2.37. The minimum atomic E-state index is -0.628. The van der Waals surface area contributed by atoms with E-state index < -0.39 is 18.5 Å². The Morgan fingerprint density at radius 2 is 2.00 bits per heavy atom. The Labute approximate surface area is 179 Å². The summed E-state index contributed by atoms with van der Waals surface area (Å²) in [4.78, 5) is 24.9. The molecule has 0 bridgehead atoms. The number of carbonyl (C=O) groups excluding carboxylic acids is 2. The Bertz CT molecular complexity index is 877. The van der Waals surface area contributed by atoms with Crippen LogP contribution in [0.5, 0.6) is 0 Å². The number of thiophene rings is 1. The largest absolute Gasteiger partial charge is 0.460 e. The van der Waals surface area contributed by atoms with Gasteiger partial charge >= 0.3 is 11.9 Å². The quantitative estimate of drug-likeness (QED) is 0.504. The van der Waals surface area contributed by atoms with E-state index in [2.05, 4.69) is 20.8 Å². The molecule has 0 unspecified atom stereocenters. The monoisotopic (exact) mass is 442 g/mol. The highest BCUT2D eigenvalue weighted by atomic mass is 35.5. The summed E-state index contributed by atoms with van der Waals surface area (Å²) in [6, 6.07) is 5.22. The minimum absolute atomic E-state index is 0.120. The first-order valence-corrected chi connectivity index (χ1v) is 11.1. The molecule has 1 aliphatic carbocycles. The summed E-state index contributed by atoms with van der Waals surface area (Å²) in [5.41, 5.74) is 0. The maximum absolute atomic E-state index is 12.4. The molecule has 1 aromatic carbocycles. The SMILES string of the molecule is CC(C)[C@@H]1CC[C@@H](C)C[C@@H]1OC(=O)COC(=O)c1sc2cc(Cl)ccc2c1Cl. The molecule has 1 saturated carbocycles. The molecule has 0 amide bonds. The molecule has 7 heteroatoms. The lowest BCUT2D eigenvalue weighted by atomic mass is 9.75. The van der Waals surface area contributed by atoms with Crippen LogP contribution in [0.4, 0.5) is 0 Å². The number of rotatable bonds is 5. The molecule has 0 N–H and O–H groups in total. The number of benzene rings is 1. The minimum Gasteiger partial charge on any atom is -0.460 e. The van der Waals surface area contributed by atoms with Crippen molar-refractivity contribution in [2.75, 3.05) is 6.61 Å². The van der Waals surface area contributed by atoms with Gasteiger partial charge in [0.05, 0.1) is 5.02 Å². The highest BCUT2D eigenvalue weighted by Gasteiger charge is 2.33. The maximum atomic E-state index is 12.4. The molecule has 1 heterocycles. The Hall–Kier alpha value is -1.30. The number of esters is 2. The normalized spacial score (nSPS) is 22.4. The van der Waals surface area contributed by atoms with Crippen molar-refractivity contribution >= 4 is 56.6 Å². The van der Waals surface area contributed by atoms with E-state index in [1.807, 2.05) is 0 Å². The summed E-state index contributed by atoms with van der Waals surface area (Å²) in [6.07, 6.45) is 2.94. The lowest BCUT2D eigenvalue weighted by molar-refractivity contribution is -0.159. The first kappa shape index (κ1) is 21.4. The highest BCUT2D eigenvalue weighted by molar-refractivity contribution is 7.21. The number of hydrogen-bond acceptors (Lipinski definition) is 5. The van der Waals surface area contributed by atoms with Crippen LogP contribution < -0.4 is 0 Å². The van der Waals surface area contributed by atoms with Crippen molar-refractivity contribution in [3.05, 3.63) is 33.1 Å². The van der Waals surface area contributed by atoms with E-state index in [0.717, 1.165) is 29.3 Å². The summed E-state index contributed by atoms with van der Waals surface area (Å²) in [6.45, 7) is 6.06. The van der Waals surface area contributed by atoms with Gasteiger partial charge in [0, 0.05) is 15.1 Å². The van der Waals surface area contributed by atoms with E-state index >= 15 is 0 Å². The van der Waals surface area contributed by atoms with Gasteiger partial charge in [0.1, 0.15) is 11.0 Å². The van der Waals surface area contributed by atoms with Gasteiger partial charge in [-0.05, 0) is 42.7 Å². The predicted octanol–water partition coefficient (Wildman–Crippen LogP) is 6.37. The first-order valence-electron chi connectivity index (χ1n) is 9.50. The fraction of sp³-hybridized carbons (Fsp3) is 0.524. The average Bonchev–Trinajstić information content (AvgIpc) is 2.95. The Morgan fingerprint density at radius 1 is 1.25 bits per heavy atom. The van der Waals surface area contributed by atoms with E-state index in [-0.39, 0.29) is 11.0 Å². The third kappa shape index (κ3) is 4.81. The van der Waals surface area contributed by atoms with Crippen LogP contribution in [0.15, 0.2) is 18.2 Å².